The average molecular weight is 494 g/mol. The van der Waals surface area contributed by atoms with Crippen molar-refractivity contribution >= 4 is 17.1 Å². The average Bonchev–Trinajstić information content (AvgIpc) is 3.43. The van der Waals surface area contributed by atoms with E-state index in [1.165, 1.54) is 0 Å². The smallest absolute Gasteiger partial charge is 0.369 e. The van der Waals surface area contributed by atoms with Crippen molar-refractivity contribution in [2.75, 3.05) is 5.73 Å². The number of aromatic nitrogens is 5. The van der Waals surface area contributed by atoms with E-state index < -0.39 is 23.1 Å². The number of imidazole rings is 2. The minimum atomic E-state index is -4.77. The molecule has 0 saturated heterocycles. The minimum Gasteiger partial charge on any atom is -0.369 e. The third-order valence-corrected chi connectivity index (χ3v) is 5.92. The van der Waals surface area contributed by atoms with Gasteiger partial charge >= 0.3 is 6.18 Å². The number of nitrogen functional groups attached to an aromatic ring is 1. The fourth-order valence-electron chi connectivity index (χ4n) is 4.18. The molecule has 0 saturated carbocycles. The largest absolute Gasteiger partial charge is 0.417 e. The Hall–Kier alpha value is -4.21. The molecule has 5 aromatic rings. The van der Waals surface area contributed by atoms with Crippen LogP contribution in [-0.2, 0) is 12.7 Å². The van der Waals surface area contributed by atoms with Gasteiger partial charge in [-0.25, -0.2) is 19.3 Å². The molecule has 0 unspecified atom stereocenters. The maximum Gasteiger partial charge on any atom is 0.417 e. The number of aromatic amines is 1. The second-order valence-electron chi connectivity index (χ2n) is 8.35. The maximum atomic E-state index is 14.8. The Morgan fingerprint density at radius 1 is 0.944 bits per heavy atom. The van der Waals surface area contributed by atoms with Gasteiger partial charge < -0.3 is 10.7 Å². The number of nitrogens with one attached hydrogen (secondary N) is 1. The molecule has 0 atom stereocenters. The number of pyridine rings is 1. The molecule has 0 fully saturated rings. The molecule has 2 aromatic carbocycles. The number of rotatable bonds is 6. The number of benzene rings is 2. The van der Waals surface area contributed by atoms with Crippen LogP contribution in [0, 0.1) is 5.82 Å². The topological polar surface area (TPSA) is 85.4 Å². The number of alkyl halides is 3. The highest BCUT2D eigenvalue weighted by Crippen LogP contribution is 2.40. The number of anilines is 1. The molecule has 10 heteroatoms. The Morgan fingerprint density at radius 3 is 2.44 bits per heavy atom. The third kappa shape index (κ3) is 4.19. The SMILES string of the molecule is CCCCn1c(N)nc2ccc(-c3[nH]c(-c4c(F)cccc4C(F)(F)F)nc3-c3ccccc3)nc21. The van der Waals surface area contributed by atoms with Crippen molar-refractivity contribution < 1.29 is 17.6 Å². The van der Waals surface area contributed by atoms with Gasteiger partial charge in [-0.2, -0.15) is 13.2 Å². The van der Waals surface area contributed by atoms with Crippen LogP contribution in [0.25, 0.3) is 45.2 Å². The first-order chi connectivity index (χ1) is 17.3. The van der Waals surface area contributed by atoms with Gasteiger partial charge in [0.05, 0.1) is 28.2 Å². The Kier molecular flexibility index (Phi) is 5.95. The minimum absolute atomic E-state index is 0.241. The molecule has 36 heavy (non-hydrogen) atoms. The summed E-state index contributed by atoms with van der Waals surface area (Å²) < 4.78 is 57.8. The summed E-state index contributed by atoms with van der Waals surface area (Å²) in [6.07, 6.45) is -2.94. The number of nitrogens with two attached hydrogens (primary N) is 1. The van der Waals surface area contributed by atoms with E-state index in [-0.39, 0.29) is 5.82 Å². The van der Waals surface area contributed by atoms with Crippen molar-refractivity contribution in [1.82, 2.24) is 24.5 Å². The molecule has 184 valence electrons. The molecule has 0 aliphatic carbocycles. The van der Waals surface area contributed by atoms with E-state index in [0.717, 1.165) is 31.0 Å². The zero-order chi connectivity index (χ0) is 25.4. The van der Waals surface area contributed by atoms with Crippen molar-refractivity contribution in [3.05, 3.63) is 72.0 Å². The predicted molar refractivity (Wildman–Crippen MR) is 130 cm³/mol. The standard InChI is InChI=1S/C26H22F4N6/c1-2-3-14-36-24-19(33-25(36)31)13-12-18(32-24)22-21(15-8-5-4-6-9-15)34-23(35-22)20-16(26(28,29)30)10-7-11-17(20)27/h4-13H,2-3,14H2,1H3,(H2,31,33)(H,34,35). The lowest BCUT2D eigenvalue weighted by atomic mass is 10.1. The summed E-state index contributed by atoms with van der Waals surface area (Å²) in [5.41, 5.74) is 7.26. The first-order valence-electron chi connectivity index (χ1n) is 11.4. The maximum absolute atomic E-state index is 14.8. The van der Waals surface area contributed by atoms with E-state index >= 15 is 0 Å². The van der Waals surface area contributed by atoms with Gasteiger partial charge in [0.25, 0.3) is 0 Å². The first-order valence-corrected chi connectivity index (χ1v) is 11.4. The van der Waals surface area contributed by atoms with Gasteiger partial charge in [-0.15, -0.1) is 0 Å². The van der Waals surface area contributed by atoms with Crippen LogP contribution in [-0.4, -0.2) is 24.5 Å². The zero-order valence-electron chi connectivity index (χ0n) is 19.3. The van der Waals surface area contributed by atoms with Crippen LogP contribution in [0.1, 0.15) is 25.3 Å². The molecule has 6 nitrogen and oxygen atoms in total. The molecular weight excluding hydrogens is 472 g/mol. The van der Waals surface area contributed by atoms with E-state index in [9.17, 15) is 17.6 Å². The van der Waals surface area contributed by atoms with Crippen LogP contribution < -0.4 is 5.73 Å². The molecule has 3 N–H and O–H groups in total. The van der Waals surface area contributed by atoms with Crippen molar-refractivity contribution in [3.8, 4) is 34.0 Å². The number of hydrogen-bond acceptors (Lipinski definition) is 4. The van der Waals surface area contributed by atoms with Crippen molar-refractivity contribution in [2.45, 2.75) is 32.5 Å². The quantitative estimate of drug-likeness (QED) is 0.257. The molecule has 0 spiro atoms. The molecule has 0 aliphatic heterocycles. The van der Waals surface area contributed by atoms with Gasteiger partial charge in [-0.05, 0) is 30.7 Å². The van der Waals surface area contributed by atoms with Gasteiger partial charge in [-0.1, -0.05) is 49.7 Å². The van der Waals surface area contributed by atoms with Gasteiger partial charge in [0.1, 0.15) is 17.2 Å². The van der Waals surface area contributed by atoms with Crippen LogP contribution >= 0.6 is 0 Å². The van der Waals surface area contributed by atoms with Gasteiger partial charge in [0.15, 0.2) is 5.65 Å². The molecule has 0 bridgehead atoms. The summed E-state index contributed by atoms with van der Waals surface area (Å²) in [5, 5.41) is 0. The summed E-state index contributed by atoms with van der Waals surface area (Å²) in [7, 11) is 0. The number of unbranched alkanes of at least 4 members (excludes halogenated alkanes) is 1. The van der Waals surface area contributed by atoms with E-state index in [0.29, 0.717) is 46.3 Å². The van der Waals surface area contributed by atoms with Gasteiger partial charge in [0, 0.05) is 12.1 Å². The normalized spacial score (nSPS) is 11.9. The summed E-state index contributed by atoms with van der Waals surface area (Å²) in [5.74, 6) is -0.938. The highest BCUT2D eigenvalue weighted by atomic mass is 19.4. The van der Waals surface area contributed by atoms with Crippen LogP contribution in [0.15, 0.2) is 60.7 Å². The second kappa shape index (κ2) is 9.10. The number of H-pyrrole nitrogens is 1. The summed E-state index contributed by atoms with van der Waals surface area (Å²) >= 11 is 0. The fraction of sp³-hybridized carbons (Fsp3) is 0.192. The molecule has 5 rings (SSSR count). The summed E-state index contributed by atoms with van der Waals surface area (Å²) in [6, 6.07) is 15.2. The van der Waals surface area contributed by atoms with E-state index in [2.05, 4.69) is 21.9 Å². The van der Waals surface area contributed by atoms with Crippen molar-refractivity contribution in [2.24, 2.45) is 0 Å². The molecular formula is C26H22F4N6. The number of aryl methyl sites for hydroxylation is 1. The van der Waals surface area contributed by atoms with Gasteiger partial charge in [0.2, 0.25) is 5.95 Å². The van der Waals surface area contributed by atoms with E-state index in [4.69, 9.17) is 10.7 Å². The number of fused-ring (bicyclic) bond motifs is 1. The van der Waals surface area contributed by atoms with Crippen LogP contribution in [0.4, 0.5) is 23.5 Å². The Labute approximate surface area is 203 Å². The molecule has 3 heterocycles. The third-order valence-electron chi connectivity index (χ3n) is 5.92. The number of halogens is 4. The van der Waals surface area contributed by atoms with Gasteiger partial charge in [-0.3, -0.25) is 4.57 Å². The Bertz CT molecular complexity index is 1540. The van der Waals surface area contributed by atoms with Crippen molar-refractivity contribution in [1.29, 1.82) is 0 Å². The lowest BCUT2D eigenvalue weighted by Gasteiger charge is -2.11. The molecule has 0 radical (unpaired) electrons. The first kappa shape index (κ1) is 23.5. The van der Waals surface area contributed by atoms with E-state index in [1.807, 2.05) is 6.07 Å². The molecule has 0 aliphatic rings. The lowest BCUT2D eigenvalue weighted by molar-refractivity contribution is -0.137. The van der Waals surface area contributed by atoms with Crippen molar-refractivity contribution in [3.63, 3.8) is 0 Å². The lowest BCUT2D eigenvalue weighted by Crippen LogP contribution is -2.09. The number of hydrogen-bond donors (Lipinski definition) is 2. The second-order valence-corrected chi connectivity index (χ2v) is 8.35. The van der Waals surface area contributed by atoms with Crippen LogP contribution in [0.5, 0.6) is 0 Å². The number of nitrogens with zero attached hydrogens (tertiary/aromatic N) is 4. The zero-order valence-corrected chi connectivity index (χ0v) is 19.3. The van der Waals surface area contributed by atoms with E-state index in [1.54, 1.807) is 41.0 Å². The predicted octanol–water partition coefficient (Wildman–Crippen LogP) is 6.70. The fourth-order valence-corrected chi connectivity index (χ4v) is 4.18. The highest BCUT2D eigenvalue weighted by Gasteiger charge is 2.36. The Morgan fingerprint density at radius 2 is 1.72 bits per heavy atom. The van der Waals surface area contributed by atoms with Crippen LogP contribution in [0.2, 0.25) is 0 Å². The van der Waals surface area contributed by atoms with Crippen LogP contribution in [0.3, 0.4) is 0 Å². The summed E-state index contributed by atoms with van der Waals surface area (Å²) in [6.45, 7) is 2.68. The molecule has 3 aromatic heterocycles. The Balaban J connectivity index is 1.74. The monoisotopic (exact) mass is 494 g/mol. The summed E-state index contributed by atoms with van der Waals surface area (Å²) in [4.78, 5) is 16.5. The highest BCUT2D eigenvalue weighted by molar-refractivity contribution is 5.84. The molecule has 0 amide bonds.